The third-order valence-electron chi connectivity index (χ3n) is 3.86. The van der Waals surface area contributed by atoms with Crippen LogP contribution in [0.15, 0.2) is 42.5 Å². The molecule has 0 radical (unpaired) electrons. The normalized spacial score (nSPS) is 12.2. The largest absolute Gasteiger partial charge is 0.486 e. The van der Waals surface area contributed by atoms with Gasteiger partial charge in [0.25, 0.3) is 5.91 Å². The molecule has 8 heteroatoms. The van der Waals surface area contributed by atoms with Gasteiger partial charge < -0.3 is 24.3 Å². The summed E-state index contributed by atoms with van der Waals surface area (Å²) in [5.74, 6) is -0.568. The number of hydrogen-bond acceptors (Lipinski definition) is 7. The number of rotatable bonds is 6. The van der Waals surface area contributed by atoms with Crippen molar-refractivity contribution in [2.75, 3.05) is 25.1 Å². The fourth-order valence-electron chi connectivity index (χ4n) is 2.55. The SMILES string of the molecule is CC(C)OC(=O)c1ccc(NC(=O)COC(=O)c2ccc3c(c2)OCCO3)cc1. The number of ether oxygens (including phenoxy) is 4. The monoisotopic (exact) mass is 399 g/mol. The van der Waals surface area contributed by atoms with E-state index in [1.807, 2.05) is 0 Å². The molecule has 0 bridgehead atoms. The van der Waals surface area contributed by atoms with E-state index in [0.29, 0.717) is 36.0 Å². The van der Waals surface area contributed by atoms with Crippen LogP contribution in [0.25, 0.3) is 0 Å². The van der Waals surface area contributed by atoms with Gasteiger partial charge in [-0.3, -0.25) is 4.79 Å². The molecule has 2 aromatic carbocycles. The Morgan fingerprint density at radius 2 is 1.59 bits per heavy atom. The Labute approximate surface area is 167 Å². The van der Waals surface area contributed by atoms with Crippen molar-refractivity contribution in [3.8, 4) is 11.5 Å². The molecule has 1 heterocycles. The molecule has 1 aliphatic heterocycles. The zero-order valence-electron chi connectivity index (χ0n) is 16.1. The van der Waals surface area contributed by atoms with Crippen LogP contribution in [0.5, 0.6) is 11.5 Å². The van der Waals surface area contributed by atoms with Gasteiger partial charge in [-0.25, -0.2) is 9.59 Å². The standard InChI is InChI=1S/C21H21NO7/c1-13(2)29-21(25)14-3-6-16(7-4-14)22-19(23)12-28-20(24)15-5-8-17-18(11-15)27-10-9-26-17/h3-8,11,13H,9-10,12H2,1-2H3,(H,22,23). The Hall–Kier alpha value is -3.55. The summed E-state index contributed by atoms with van der Waals surface area (Å²) in [6.45, 7) is 3.93. The van der Waals surface area contributed by atoms with Crippen LogP contribution in [0.2, 0.25) is 0 Å². The number of carbonyl (C=O) groups is 3. The zero-order chi connectivity index (χ0) is 20.8. The molecule has 0 atom stereocenters. The van der Waals surface area contributed by atoms with Crippen molar-refractivity contribution in [2.24, 2.45) is 0 Å². The molecule has 1 amide bonds. The van der Waals surface area contributed by atoms with Gasteiger partial charge in [-0.05, 0) is 56.3 Å². The Balaban J connectivity index is 1.50. The molecule has 3 rings (SSSR count). The molecule has 0 fully saturated rings. The quantitative estimate of drug-likeness (QED) is 0.746. The predicted molar refractivity (Wildman–Crippen MR) is 103 cm³/mol. The van der Waals surface area contributed by atoms with Gasteiger partial charge in [0.2, 0.25) is 0 Å². The van der Waals surface area contributed by atoms with Gasteiger partial charge in [0.05, 0.1) is 17.2 Å². The zero-order valence-corrected chi connectivity index (χ0v) is 16.1. The smallest absolute Gasteiger partial charge is 0.338 e. The fourth-order valence-corrected chi connectivity index (χ4v) is 2.55. The van der Waals surface area contributed by atoms with Crippen LogP contribution in [-0.4, -0.2) is 43.8 Å². The highest BCUT2D eigenvalue weighted by atomic mass is 16.6. The predicted octanol–water partition coefficient (Wildman–Crippen LogP) is 2.82. The number of benzene rings is 2. The summed E-state index contributed by atoms with van der Waals surface area (Å²) in [4.78, 5) is 36.0. The highest BCUT2D eigenvalue weighted by molar-refractivity contribution is 5.96. The molecule has 1 aliphatic rings. The number of carbonyl (C=O) groups excluding carboxylic acids is 3. The Morgan fingerprint density at radius 1 is 0.931 bits per heavy atom. The average Bonchev–Trinajstić information content (AvgIpc) is 2.71. The summed E-state index contributed by atoms with van der Waals surface area (Å²) in [6.07, 6.45) is -0.217. The number of amides is 1. The van der Waals surface area contributed by atoms with E-state index in [0.717, 1.165) is 0 Å². The summed E-state index contributed by atoms with van der Waals surface area (Å²) >= 11 is 0. The molecule has 8 nitrogen and oxygen atoms in total. The minimum absolute atomic E-state index is 0.217. The van der Waals surface area contributed by atoms with E-state index in [-0.39, 0.29) is 11.7 Å². The molecule has 1 N–H and O–H groups in total. The van der Waals surface area contributed by atoms with Crippen molar-refractivity contribution in [3.05, 3.63) is 53.6 Å². The minimum Gasteiger partial charge on any atom is -0.486 e. The van der Waals surface area contributed by atoms with Gasteiger partial charge >= 0.3 is 11.9 Å². The van der Waals surface area contributed by atoms with Gasteiger partial charge in [-0.1, -0.05) is 0 Å². The second-order valence-corrected chi connectivity index (χ2v) is 6.51. The summed E-state index contributed by atoms with van der Waals surface area (Å²) in [5, 5.41) is 2.59. The first-order chi connectivity index (χ1) is 13.9. The van der Waals surface area contributed by atoms with Crippen molar-refractivity contribution in [2.45, 2.75) is 20.0 Å². The number of anilines is 1. The summed E-state index contributed by atoms with van der Waals surface area (Å²) < 4.78 is 21.0. The molecular formula is C21H21NO7. The van der Waals surface area contributed by atoms with Crippen molar-refractivity contribution in [1.82, 2.24) is 0 Å². The Morgan fingerprint density at radius 3 is 2.28 bits per heavy atom. The molecular weight excluding hydrogens is 378 g/mol. The number of esters is 2. The first kappa shape index (κ1) is 20.2. The lowest BCUT2D eigenvalue weighted by Crippen LogP contribution is -2.21. The van der Waals surface area contributed by atoms with Gasteiger partial charge in [0.1, 0.15) is 13.2 Å². The summed E-state index contributed by atoms with van der Waals surface area (Å²) in [6, 6.07) is 10.9. The van der Waals surface area contributed by atoms with Crippen LogP contribution >= 0.6 is 0 Å². The fraction of sp³-hybridized carbons (Fsp3) is 0.286. The van der Waals surface area contributed by atoms with Gasteiger partial charge in [0.15, 0.2) is 18.1 Å². The Kier molecular flexibility index (Phi) is 6.33. The number of nitrogens with one attached hydrogen (secondary N) is 1. The lowest BCUT2D eigenvalue weighted by Gasteiger charge is -2.18. The molecule has 0 spiro atoms. The van der Waals surface area contributed by atoms with E-state index < -0.39 is 24.5 Å². The van der Waals surface area contributed by atoms with E-state index >= 15 is 0 Å². The van der Waals surface area contributed by atoms with Crippen LogP contribution in [0.4, 0.5) is 5.69 Å². The lowest BCUT2D eigenvalue weighted by atomic mass is 10.2. The van der Waals surface area contributed by atoms with Crippen LogP contribution in [0, 0.1) is 0 Å². The second kappa shape index (κ2) is 9.09. The van der Waals surface area contributed by atoms with Crippen molar-refractivity contribution >= 4 is 23.5 Å². The molecule has 0 saturated heterocycles. The summed E-state index contributed by atoms with van der Waals surface area (Å²) in [5.41, 5.74) is 1.10. The average molecular weight is 399 g/mol. The molecule has 0 unspecified atom stereocenters. The number of fused-ring (bicyclic) bond motifs is 1. The molecule has 0 aliphatic carbocycles. The maximum Gasteiger partial charge on any atom is 0.338 e. The van der Waals surface area contributed by atoms with E-state index in [9.17, 15) is 14.4 Å². The van der Waals surface area contributed by atoms with E-state index in [4.69, 9.17) is 18.9 Å². The van der Waals surface area contributed by atoms with Crippen molar-refractivity contribution in [1.29, 1.82) is 0 Å². The highest BCUT2D eigenvalue weighted by Gasteiger charge is 2.17. The molecule has 2 aromatic rings. The van der Waals surface area contributed by atoms with Gasteiger partial charge in [0, 0.05) is 5.69 Å². The first-order valence-electron chi connectivity index (χ1n) is 9.10. The van der Waals surface area contributed by atoms with Gasteiger partial charge in [-0.2, -0.15) is 0 Å². The van der Waals surface area contributed by atoms with Gasteiger partial charge in [-0.15, -0.1) is 0 Å². The number of hydrogen-bond donors (Lipinski definition) is 1. The molecule has 152 valence electrons. The van der Waals surface area contributed by atoms with Crippen LogP contribution in [0.3, 0.4) is 0 Å². The third-order valence-corrected chi connectivity index (χ3v) is 3.86. The second-order valence-electron chi connectivity index (χ2n) is 6.51. The highest BCUT2D eigenvalue weighted by Crippen LogP contribution is 2.30. The van der Waals surface area contributed by atoms with Crippen molar-refractivity contribution in [3.63, 3.8) is 0 Å². The van der Waals surface area contributed by atoms with Crippen LogP contribution in [0.1, 0.15) is 34.6 Å². The van der Waals surface area contributed by atoms with Crippen molar-refractivity contribution < 1.29 is 33.3 Å². The van der Waals surface area contributed by atoms with E-state index in [2.05, 4.69) is 5.32 Å². The van der Waals surface area contributed by atoms with E-state index in [1.54, 1.807) is 50.2 Å². The molecule has 29 heavy (non-hydrogen) atoms. The third kappa shape index (κ3) is 5.47. The topological polar surface area (TPSA) is 100 Å². The molecule has 0 aromatic heterocycles. The van der Waals surface area contributed by atoms with Crippen LogP contribution in [-0.2, 0) is 14.3 Å². The maximum absolute atomic E-state index is 12.1. The first-order valence-corrected chi connectivity index (χ1v) is 9.10. The molecule has 0 saturated carbocycles. The minimum atomic E-state index is -0.649. The maximum atomic E-state index is 12.1. The lowest BCUT2D eigenvalue weighted by molar-refractivity contribution is -0.119. The van der Waals surface area contributed by atoms with E-state index in [1.165, 1.54) is 6.07 Å². The van der Waals surface area contributed by atoms with Crippen LogP contribution < -0.4 is 14.8 Å². The Bertz CT molecular complexity index is 906. The summed E-state index contributed by atoms with van der Waals surface area (Å²) in [7, 11) is 0.